The van der Waals surface area contributed by atoms with Crippen LogP contribution in [-0.2, 0) is 18.3 Å². The summed E-state index contributed by atoms with van der Waals surface area (Å²) in [4.78, 5) is 14.6. The van der Waals surface area contributed by atoms with Crippen molar-refractivity contribution in [2.45, 2.75) is 13.5 Å². The number of hydrogen-bond acceptors (Lipinski definition) is 6. The number of aromatic nitrogens is 3. The van der Waals surface area contributed by atoms with Crippen LogP contribution < -0.4 is 5.32 Å². The molecule has 1 spiro atoms. The molecule has 0 aliphatic carbocycles. The highest BCUT2D eigenvalue weighted by Gasteiger charge is 2.51. The van der Waals surface area contributed by atoms with E-state index in [1.165, 1.54) is 12.1 Å². The first-order valence-electron chi connectivity index (χ1n) is 9.80. The van der Waals surface area contributed by atoms with Crippen LogP contribution in [0.2, 0.25) is 0 Å². The average Bonchev–Trinajstić information content (AvgIpc) is 3.20. The first-order valence-corrected chi connectivity index (χ1v) is 9.80. The van der Waals surface area contributed by atoms with Crippen LogP contribution in [-0.4, -0.2) is 52.0 Å². The van der Waals surface area contributed by atoms with E-state index >= 15 is 0 Å². The molecule has 156 valence electrons. The molecule has 1 aromatic carbocycles. The van der Waals surface area contributed by atoms with Gasteiger partial charge in [0.1, 0.15) is 28.8 Å². The van der Waals surface area contributed by atoms with Gasteiger partial charge in [0.05, 0.1) is 18.6 Å². The smallest absolute Gasteiger partial charge is 0.272 e. The molecule has 30 heavy (non-hydrogen) atoms. The summed E-state index contributed by atoms with van der Waals surface area (Å²) in [6, 6.07) is 7.87. The minimum absolute atomic E-state index is 0.0243. The third kappa shape index (κ3) is 3.15. The molecule has 0 bridgehead atoms. The summed E-state index contributed by atoms with van der Waals surface area (Å²) in [6.45, 7) is 5.19. The van der Waals surface area contributed by atoms with Gasteiger partial charge < -0.3 is 19.5 Å². The second-order valence-electron chi connectivity index (χ2n) is 8.12. The molecule has 2 saturated heterocycles. The molecule has 0 saturated carbocycles. The average molecular weight is 411 g/mol. The van der Waals surface area contributed by atoms with Crippen LogP contribution in [0.25, 0.3) is 11.3 Å². The van der Waals surface area contributed by atoms with Gasteiger partial charge in [-0.15, -0.1) is 0 Å². The van der Waals surface area contributed by atoms with E-state index in [0.29, 0.717) is 29.5 Å². The molecule has 2 aliphatic heterocycles. The first kappa shape index (κ1) is 18.8. The summed E-state index contributed by atoms with van der Waals surface area (Å²) in [5, 5.41) is 11.8. The summed E-state index contributed by atoms with van der Waals surface area (Å²) < 4.78 is 25.4. The van der Waals surface area contributed by atoms with E-state index in [1.807, 2.05) is 11.8 Å². The van der Waals surface area contributed by atoms with Gasteiger partial charge in [0, 0.05) is 43.9 Å². The molecular formula is C21H22FN5O3. The second kappa shape index (κ2) is 6.94. The topological polar surface area (TPSA) is 85.4 Å². The van der Waals surface area contributed by atoms with Crippen LogP contribution in [0, 0.1) is 18.2 Å². The Balaban J connectivity index is 1.29. The molecule has 1 N–H and O–H groups in total. The molecule has 8 nitrogen and oxygen atoms in total. The second-order valence-corrected chi connectivity index (χ2v) is 8.12. The molecule has 5 rings (SSSR count). The molecule has 2 aliphatic rings. The maximum atomic E-state index is 13.2. The van der Waals surface area contributed by atoms with E-state index in [0.717, 1.165) is 37.4 Å². The van der Waals surface area contributed by atoms with Gasteiger partial charge in [-0.2, -0.15) is 5.10 Å². The highest BCUT2D eigenvalue weighted by atomic mass is 19.1. The van der Waals surface area contributed by atoms with E-state index in [-0.39, 0.29) is 17.1 Å². The third-order valence-corrected chi connectivity index (χ3v) is 5.80. The summed E-state index contributed by atoms with van der Waals surface area (Å²) in [6.07, 6.45) is 0. The minimum atomic E-state index is -0.303. The van der Waals surface area contributed by atoms with Crippen molar-refractivity contribution in [3.05, 3.63) is 53.2 Å². The van der Waals surface area contributed by atoms with Crippen molar-refractivity contribution < 1.29 is 18.4 Å². The zero-order chi connectivity index (χ0) is 20.9. The lowest BCUT2D eigenvalue weighted by Gasteiger charge is -2.54. The summed E-state index contributed by atoms with van der Waals surface area (Å²) >= 11 is 0. The highest BCUT2D eigenvalue weighted by molar-refractivity contribution is 5.94. The number of carbonyl (C=O) groups is 1. The first-order chi connectivity index (χ1) is 14.4. The molecule has 4 heterocycles. The lowest BCUT2D eigenvalue weighted by molar-refractivity contribution is -0.176. The van der Waals surface area contributed by atoms with Crippen molar-refractivity contribution in [2.75, 3.05) is 31.6 Å². The van der Waals surface area contributed by atoms with E-state index in [9.17, 15) is 9.18 Å². The van der Waals surface area contributed by atoms with Crippen molar-refractivity contribution >= 4 is 11.7 Å². The summed E-state index contributed by atoms with van der Waals surface area (Å²) in [5.41, 5.74) is 3.00. The van der Waals surface area contributed by atoms with Gasteiger partial charge in [-0.25, -0.2) is 4.39 Å². The fourth-order valence-corrected chi connectivity index (χ4v) is 4.01. The Morgan fingerprint density at radius 1 is 1.27 bits per heavy atom. The van der Waals surface area contributed by atoms with Gasteiger partial charge >= 0.3 is 0 Å². The fourth-order valence-electron chi connectivity index (χ4n) is 4.01. The lowest BCUT2D eigenvalue weighted by atomic mass is 9.78. The van der Waals surface area contributed by atoms with E-state index in [2.05, 4.69) is 15.6 Å². The zero-order valence-corrected chi connectivity index (χ0v) is 16.8. The number of carbonyl (C=O) groups excluding carboxylic acids is 1. The van der Waals surface area contributed by atoms with Crippen LogP contribution in [0.5, 0.6) is 0 Å². The SMILES string of the molecule is Cc1onc(-c2ccc(F)cc2)c1CNc1cc(C(=O)N2CC3(COC3)C2)n(C)n1. The standard InChI is InChI=1S/C21H22FN5O3/c1-13-16(19(25-30-13)14-3-5-15(22)6-4-14)8-23-18-7-17(26(2)24-18)20(28)27-9-21(10-27)11-29-12-21/h3-7H,8-12H2,1-2H3,(H,23,24). The van der Waals surface area contributed by atoms with Gasteiger partial charge in [0.15, 0.2) is 0 Å². The van der Waals surface area contributed by atoms with Crippen molar-refractivity contribution in [2.24, 2.45) is 12.5 Å². The Bertz CT molecular complexity index is 1090. The van der Waals surface area contributed by atoms with Crippen LogP contribution in [0.15, 0.2) is 34.9 Å². The van der Waals surface area contributed by atoms with Crippen molar-refractivity contribution in [1.29, 1.82) is 0 Å². The van der Waals surface area contributed by atoms with Gasteiger partial charge in [0.25, 0.3) is 5.91 Å². The molecule has 2 fully saturated rings. The van der Waals surface area contributed by atoms with Gasteiger partial charge in [0.2, 0.25) is 0 Å². The van der Waals surface area contributed by atoms with Crippen LogP contribution in [0.1, 0.15) is 21.8 Å². The Morgan fingerprint density at radius 3 is 2.67 bits per heavy atom. The Labute approximate surface area is 172 Å². The van der Waals surface area contributed by atoms with E-state index in [1.54, 1.807) is 29.9 Å². The molecule has 0 radical (unpaired) electrons. The summed E-state index contributed by atoms with van der Waals surface area (Å²) in [5.74, 6) is 0.933. The molecule has 0 atom stereocenters. The lowest BCUT2D eigenvalue weighted by Crippen LogP contribution is -2.67. The highest BCUT2D eigenvalue weighted by Crippen LogP contribution is 2.38. The predicted molar refractivity (Wildman–Crippen MR) is 106 cm³/mol. The number of aryl methyl sites for hydroxylation is 2. The number of anilines is 1. The van der Waals surface area contributed by atoms with Gasteiger partial charge in [-0.3, -0.25) is 9.48 Å². The quantitative estimate of drug-likeness (QED) is 0.695. The Morgan fingerprint density at radius 2 is 2.00 bits per heavy atom. The minimum Gasteiger partial charge on any atom is -0.380 e. The van der Waals surface area contributed by atoms with Crippen molar-refractivity contribution in [3.8, 4) is 11.3 Å². The molecular weight excluding hydrogens is 389 g/mol. The maximum absolute atomic E-state index is 13.2. The van der Waals surface area contributed by atoms with Crippen molar-refractivity contribution in [3.63, 3.8) is 0 Å². The zero-order valence-electron chi connectivity index (χ0n) is 16.8. The number of ether oxygens (including phenoxy) is 1. The molecule has 1 amide bonds. The Kier molecular flexibility index (Phi) is 4.35. The van der Waals surface area contributed by atoms with E-state index in [4.69, 9.17) is 9.26 Å². The largest absolute Gasteiger partial charge is 0.380 e. The molecule has 9 heteroatoms. The number of benzene rings is 1. The number of likely N-dealkylation sites (tertiary alicyclic amines) is 1. The molecule has 2 aromatic heterocycles. The number of rotatable bonds is 5. The fraction of sp³-hybridized carbons (Fsp3) is 0.381. The number of nitrogens with one attached hydrogen (secondary N) is 1. The normalized spacial score (nSPS) is 17.0. The van der Waals surface area contributed by atoms with Crippen LogP contribution >= 0.6 is 0 Å². The number of halogens is 1. The van der Waals surface area contributed by atoms with Crippen LogP contribution in [0.3, 0.4) is 0 Å². The van der Waals surface area contributed by atoms with Crippen molar-refractivity contribution in [1.82, 2.24) is 19.8 Å². The van der Waals surface area contributed by atoms with Gasteiger partial charge in [-0.05, 0) is 31.2 Å². The Hall–Kier alpha value is -3.20. The molecule has 3 aromatic rings. The number of amides is 1. The monoisotopic (exact) mass is 411 g/mol. The molecule has 0 unspecified atom stereocenters. The summed E-state index contributed by atoms with van der Waals surface area (Å²) in [7, 11) is 1.76. The van der Waals surface area contributed by atoms with E-state index < -0.39 is 0 Å². The van der Waals surface area contributed by atoms with Gasteiger partial charge in [-0.1, -0.05) is 5.16 Å². The number of nitrogens with zero attached hydrogens (tertiary/aromatic N) is 4. The van der Waals surface area contributed by atoms with Crippen LogP contribution in [0.4, 0.5) is 10.2 Å². The third-order valence-electron chi connectivity index (χ3n) is 5.80. The number of hydrogen-bond donors (Lipinski definition) is 1. The predicted octanol–water partition coefficient (Wildman–Crippen LogP) is 2.61. The maximum Gasteiger partial charge on any atom is 0.272 e.